The molecule has 1 N–H and O–H groups in total. The number of thioether (sulfide) groups is 1. The fourth-order valence-corrected chi connectivity index (χ4v) is 6.10. The number of rotatable bonds is 8. The molecule has 3 aromatic heterocycles. The molecular weight excluding hydrogens is 576 g/mol. The number of nitrogens with zero attached hydrogens (tertiary/aromatic N) is 3. The van der Waals surface area contributed by atoms with E-state index in [2.05, 4.69) is 10.4 Å². The van der Waals surface area contributed by atoms with Gasteiger partial charge < -0.3 is 23.4 Å². The van der Waals surface area contributed by atoms with Crippen LogP contribution in [-0.4, -0.2) is 46.0 Å². The van der Waals surface area contributed by atoms with Crippen molar-refractivity contribution in [1.82, 2.24) is 14.6 Å². The third kappa shape index (κ3) is 5.69. The molecule has 5 aromatic rings. The van der Waals surface area contributed by atoms with Gasteiger partial charge in [0.25, 0.3) is 0 Å². The molecule has 0 aliphatic carbocycles. The molecule has 0 saturated heterocycles. The summed E-state index contributed by atoms with van der Waals surface area (Å²) in [5, 5.41) is 2.44. The van der Waals surface area contributed by atoms with Crippen molar-refractivity contribution in [2.75, 3.05) is 19.6 Å². The zero-order chi connectivity index (χ0) is 29.6. The van der Waals surface area contributed by atoms with Crippen LogP contribution >= 0.6 is 23.1 Å². The topological polar surface area (TPSA) is 110 Å². The average Bonchev–Trinajstić information content (AvgIpc) is 3.72. The number of aryl methyl sites for hydroxylation is 1. The lowest BCUT2D eigenvalue weighted by molar-refractivity contribution is 0.00695. The summed E-state index contributed by atoms with van der Waals surface area (Å²) in [5.41, 5.74) is 6.04. The van der Waals surface area contributed by atoms with Gasteiger partial charge in [0, 0.05) is 29.7 Å². The first-order valence-electron chi connectivity index (χ1n) is 13.2. The van der Waals surface area contributed by atoms with Crippen LogP contribution in [0.25, 0.3) is 33.0 Å². The van der Waals surface area contributed by atoms with Crippen LogP contribution in [0.3, 0.4) is 0 Å². The number of carbonyl (C=O) groups is 1. The van der Waals surface area contributed by atoms with Gasteiger partial charge in [-0.15, -0.1) is 11.3 Å². The summed E-state index contributed by atoms with van der Waals surface area (Å²) in [4.78, 5) is 22.9. The molecule has 10 nitrogen and oxygen atoms in total. The molecule has 0 fully saturated rings. The number of furan rings is 1. The van der Waals surface area contributed by atoms with E-state index in [1.54, 1.807) is 37.7 Å². The van der Waals surface area contributed by atoms with Crippen LogP contribution in [0, 0.1) is 6.92 Å². The number of ether oxygens (including phenoxy) is 4. The summed E-state index contributed by atoms with van der Waals surface area (Å²) in [6, 6.07) is 12.9. The van der Waals surface area contributed by atoms with Crippen molar-refractivity contribution < 1.29 is 28.2 Å². The largest absolute Gasteiger partial charge is 0.496 e. The minimum Gasteiger partial charge on any atom is -0.496 e. The fourth-order valence-electron chi connectivity index (χ4n) is 4.36. The van der Waals surface area contributed by atoms with E-state index in [4.69, 9.17) is 28.3 Å². The molecule has 1 unspecified atom stereocenters. The number of thiazole rings is 1. The van der Waals surface area contributed by atoms with E-state index in [-0.39, 0.29) is 18.1 Å². The lowest BCUT2D eigenvalue weighted by Crippen LogP contribution is -2.23. The maximum absolute atomic E-state index is 12.4. The highest BCUT2D eigenvalue weighted by Gasteiger charge is 2.25. The van der Waals surface area contributed by atoms with Crippen molar-refractivity contribution in [3.8, 4) is 33.5 Å². The summed E-state index contributed by atoms with van der Waals surface area (Å²) < 4.78 is 30.6. The number of imidazole rings is 1. The Labute approximate surface area is 250 Å². The number of fused-ring (bicyclic) bond motifs is 2. The van der Waals surface area contributed by atoms with E-state index < -0.39 is 5.60 Å². The molecule has 1 atom stereocenters. The van der Waals surface area contributed by atoms with Crippen LogP contribution < -0.4 is 14.9 Å². The Bertz CT molecular complexity index is 1740. The Balaban J connectivity index is 1.21. The van der Waals surface area contributed by atoms with Gasteiger partial charge in [-0.2, -0.15) is 0 Å². The molecule has 2 aromatic carbocycles. The first-order chi connectivity index (χ1) is 20.1. The summed E-state index contributed by atoms with van der Waals surface area (Å²) in [6.07, 6.45) is 1.87. The van der Waals surface area contributed by atoms with Crippen molar-refractivity contribution in [3.63, 3.8) is 0 Å². The maximum atomic E-state index is 12.4. The summed E-state index contributed by atoms with van der Waals surface area (Å²) >= 11 is 3.06. The zero-order valence-electron chi connectivity index (χ0n) is 24.0. The van der Waals surface area contributed by atoms with E-state index in [1.807, 2.05) is 68.9 Å². The van der Waals surface area contributed by atoms with E-state index in [9.17, 15) is 4.79 Å². The second-order valence-electron chi connectivity index (χ2n) is 10.6. The molecule has 4 heterocycles. The zero-order valence-corrected chi connectivity index (χ0v) is 25.6. The molecule has 0 amide bonds. The molecular formula is C30H30N4O6S2. The number of benzene rings is 2. The van der Waals surface area contributed by atoms with Gasteiger partial charge in [0.15, 0.2) is 16.5 Å². The highest BCUT2D eigenvalue weighted by atomic mass is 32.2. The summed E-state index contributed by atoms with van der Waals surface area (Å²) in [7, 11) is 3.25. The molecule has 12 heteroatoms. The van der Waals surface area contributed by atoms with Crippen molar-refractivity contribution in [3.05, 3.63) is 64.8 Å². The maximum Gasteiger partial charge on any atom is 0.338 e. The van der Waals surface area contributed by atoms with Crippen LogP contribution in [0.15, 0.2) is 58.2 Å². The second-order valence-corrected chi connectivity index (χ2v) is 12.9. The Morgan fingerprint density at radius 2 is 1.90 bits per heavy atom. The van der Waals surface area contributed by atoms with Crippen molar-refractivity contribution in [2.24, 2.45) is 0 Å². The van der Waals surface area contributed by atoms with Crippen LogP contribution in [-0.2, 0) is 16.1 Å². The van der Waals surface area contributed by atoms with Crippen molar-refractivity contribution in [1.29, 1.82) is 0 Å². The molecule has 218 valence electrons. The first-order valence-corrected chi connectivity index (χ1v) is 14.9. The van der Waals surface area contributed by atoms with Gasteiger partial charge >= 0.3 is 5.97 Å². The Morgan fingerprint density at radius 3 is 2.60 bits per heavy atom. The van der Waals surface area contributed by atoms with E-state index in [1.165, 1.54) is 11.8 Å². The number of aromatic nitrogens is 3. The molecule has 0 bridgehead atoms. The highest BCUT2D eigenvalue weighted by Crippen LogP contribution is 2.39. The smallest absolute Gasteiger partial charge is 0.338 e. The third-order valence-electron chi connectivity index (χ3n) is 6.43. The van der Waals surface area contributed by atoms with Crippen LogP contribution in [0.5, 0.6) is 11.5 Å². The second kappa shape index (κ2) is 11.0. The van der Waals surface area contributed by atoms with Gasteiger partial charge in [-0.1, -0.05) is 12.1 Å². The van der Waals surface area contributed by atoms with Gasteiger partial charge in [-0.05, 0) is 57.7 Å². The van der Waals surface area contributed by atoms with Gasteiger partial charge in [0.05, 0.1) is 30.0 Å². The SMILES string of the molecule is COc1cc(OCc2nc(-c3ccc(C(=O)OC(C)(C)C)cc3)sc2C)c2cc(-c3cn4c(n3)SC(OC)N4)oc2c1. The standard InChI is InChI=1S/C30H30N4O6S2/c1-16-22(31-26(41-16)17-7-9-18(10-8-17)27(35)40-30(2,3)4)15-38-23-11-19(36-5)12-24-20(23)13-25(39-24)21-14-34-28(32-21)42-29(33-34)37-6/h7-14,29,33H,15H2,1-6H3. The lowest BCUT2D eigenvalue weighted by atomic mass is 10.1. The molecule has 0 radical (unpaired) electrons. The Kier molecular flexibility index (Phi) is 7.37. The van der Waals surface area contributed by atoms with Gasteiger partial charge in [-0.25, -0.2) is 19.4 Å². The van der Waals surface area contributed by atoms with Gasteiger partial charge in [0.1, 0.15) is 40.0 Å². The molecule has 0 saturated carbocycles. The first kappa shape index (κ1) is 28.1. The molecule has 1 aliphatic rings. The highest BCUT2D eigenvalue weighted by molar-refractivity contribution is 7.99. The quantitative estimate of drug-likeness (QED) is 0.188. The van der Waals surface area contributed by atoms with Gasteiger partial charge in [-0.3, -0.25) is 5.43 Å². The van der Waals surface area contributed by atoms with Crippen LogP contribution in [0.1, 0.15) is 41.7 Å². The minimum atomic E-state index is -0.548. The van der Waals surface area contributed by atoms with Crippen molar-refractivity contribution in [2.45, 2.75) is 50.6 Å². The minimum absolute atomic E-state index is 0.173. The normalized spacial score (nSPS) is 14.6. The number of nitrogens with one attached hydrogen (secondary N) is 1. The predicted octanol–water partition coefficient (Wildman–Crippen LogP) is 6.85. The lowest BCUT2D eigenvalue weighted by Gasteiger charge is -2.19. The number of esters is 1. The van der Waals surface area contributed by atoms with E-state index >= 15 is 0 Å². The third-order valence-corrected chi connectivity index (χ3v) is 8.50. The predicted molar refractivity (Wildman–Crippen MR) is 162 cm³/mol. The van der Waals surface area contributed by atoms with Crippen molar-refractivity contribution >= 4 is 40.0 Å². The number of hydrogen-bond acceptors (Lipinski definition) is 11. The number of methoxy groups -OCH3 is 2. The monoisotopic (exact) mass is 606 g/mol. The molecule has 0 spiro atoms. The Hall–Kier alpha value is -4.00. The average molecular weight is 607 g/mol. The van der Waals surface area contributed by atoms with Gasteiger partial charge in [0.2, 0.25) is 0 Å². The number of hydrogen-bond donors (Lipinski definition) is 1. The molecule has 1 aliphatic heterocycles. The van der Waals surface area contributed by atoms with E-state index in [0.717, 1.165) is 31.7 Å². The summed E-state index contributed by atoms with van der Waals surface area (Å²) in [6.45, 7) is 7.83. The summed E-state index contributed by atoms with van der Waals surface area (Å²) in [5.74, 6) is 1.50. The molecule has 42 heavy (non-hydrogen) atoms. The van der Waals surface area contributed by atoms with Crippen LogP contribution in [0.4, 0.5) is 0 Å². The Morgan fingerprint density at radius 1 is 1.12 bits per heavy atom. The fraction of sp³-hybridized carbons (Fsp3) is 0.300. The van der Waals surface area contributed by atoms with Crippen LogP contribution in [0.2, 0.25) is 0 Å². The number of carbonyl (C=O) groups excluding carboxylic acids is 1. The van der Waals surface area contributed by atoms with E-state index in [0.29, 0.717) is 34.1 Å². The molecule has 6 rings (SSSR count).